The van der Waals surface area contributed by atoms with Crippen molar-refractivity contribution in [2.45, 2.75) is 0 Å². The summed E-state index contributed by atoms with van der Waals surface area (Å²) in [5.41, 5.74) is 5.37. The van der Waals surface area contributed by atoms with Crippen LogP contribution in [0.4, 0.5) is 0 Å². The lowest BCUT2D eigenvalue weighted by Gasteiger charge is -2.01. The molecule has 2 nitrogen and oxygen atoms in total. The summed E-state index contributed by atoms with van der Waals surface area (Å²) in [5.74, 6) is 13.0. The second-order valence-corrected chi connectivity index (χ2v) is 8.42. The third-order valence-corrected chi connectivity index (χ3v) is 6.05. The highest BCUT2D eigenvalue weighted by atomic mass is 14.8. The molecule has 0 saturated carbocycles. The number of fused-ring (bicyclic) bond motifs is 2. The van der Waals surface area contributed by atoms with Crippen LogP contribution in [0, 0.1) is 23.7 Å². The summed E-state index contributed by atoms with van der Waals surface area (Å²) in [5, 5.41) is 4.69. The molecule has 0 aliphatic heterocycles. The van der Waals surface area contributed by atoms with E-state index in [0.29, 0.717) is 0 Å². The standard InChI is InChI=1S/C34H20N2/c1-3-13-31-27(7-1)9-5-11-29(31)19-15-25-17-21-33(35-23-25)34-22-18-26(24-36-34)16-20-30-12-6-10-28-8-2-4-14-32(28)30/h1-14,17-18,21-24H. The van der Waals surface area contributed by atoms with E-state index in [-0.39, 0.29) is 0 Å². The lowest BCUT2D eigenvalue weighted by atomic mass is 10.0. The van der Waals surface area contributed by atoms with Crippen molar-refractivity contribution >= 4 is 21.5 Å². The Morgan fingerprint density at radius 2 is 0.833 bits per heavy atom. The Morgan fingerprint density at radius 3 is 1.28 bits per heavy atom. The smallest absolute Gasteiger partial charge is 0.0887 e. The van der Waals surface area contributed by atoms with Crippen LogP contribution in [0.1, 0.15) is 22.3 Å². The summed E-state index contributed by atoms with van der Waals surface area (Å²) in [6, 6.07) is 36.8. The third kappa shape index (κ3) is 4.45. The fourth-order valence-electron chi connectivity index (χ4n) is 4.19. The zero-order valence-corrected chi connectivity index (χ0v) is 19.4. The quantitative estimate of drug-likeness (QED) is 0.244. The van der Waals surface area contributed by atoms with E-state index < -0.39 is 0 Å². The van der Waals surface area contributed by atoms with Crippen LogP contribution in [-0.4, -0.2) is 9.97 Å². The lowest BCUT2D eigenvalue weighted by molar-refractivity contribution is 1.24. The zero-order valence-electron chi connectivity index (χ0n) is 19.4. The highest BCUT2D eigenvalue weighted by Crippen LogP contribution is 2.19. The van der Waals surface area contributed by atoms with Crippen LogP contribution in [-0.2, 0) is 0 Å². The van der Waals surface area contributed by atoms with Gasteiger partial charge >= 0.3 is 0 Å². The fraction of sp³-hybridized carbons (Fsp3) is 0. The average molecular weight is 457 g/mol. The van der Waals surface area contributed by atoms with Gasteiger partial charge in [0, 0.05) is 34.6 Å². The van der Waals surface area contributed by atoms with Crippen LogP contribution in [0.15, 0.2) is 122 Å². The summed E-state index contributed by atoms with van der Waals surface area (Å²) in [6.07, 6.45) is 3.59. The lowest BCUT2D eigenvalue weighted by Crippen LogP contribution is -1.89. The number of hydrogen-bond donors (Lipinski definition) is 0. The number of pyridine rings is 2. The molecular weight excluding hydrogens is 436 g/mol. The zero-order chi connectivity index (χ0) is 24.2. The second kappa shape index (κ2) is 9.59. The van der Waals surface area contributed by atoms with Gasteiger partial charge in [-0.25, -0.2) is 0 Å². The molecule has 2 heteroatoms. The van der Waals surface area contributed by atoms with Crippen LogP contribution in [0.2, 0.25) is 0 Å². The number of nitrogens with zero attached hydrogens (tertiary/aromatic N) is 2. The third-order valence-electron chi connectivity index (χ3n) is 6.05. The SMILES string of the molecule is C(#Cc1cccc2ccccc12)c1ccc(-c2ccc(C#Cc3cccc4ccccc34)cn2)nc1. The second-order valence-electron chi connectivity index (χ2n) is 8.42. The van der Waals surface area contributed by atoms with Crippen molar-refractivity contribution in [3.05, 3.63) is 144 Å². The molecule has 6 rings (SSSR count). The highest BCUT2D eigenvalue weighted by Gasteiger charge is 2.02. The summed E-state index contributed by atoms with van der Waals surface area (Å²) in [4.78, 5) is 9.16. The molecule has 0 amide bonds. The normalized spacial score (nSPS) is 10.3. The maximum Gasteiger partial charge on any atom is 0.0887 e. The molecule has 0 aliphatic carbocycles. The van der Waals surface area contributed by atoms with Gasteiger partial charge in [-0.15, -0.1) is 0 Å². The Hall–Kier alpha value is -5.18. The Morgan fingerprint density at radius 1 is 0.389 bits per heavy atom. The van der Waals surface area contributed by atoms with Crippen LogP contribution in [0.25, 0.3) is 32.9 Å². The van der Waals surface area contributed by atoms with Crippen LogP contribution in [0.5, 0.6) is 0 Å². The molecule has 0 N–H and O–H groups in total. The number of hydrogen-bond acceptors (Lipinski definition) is 2. The number of rotatable bonds is 1. The first-order valence-corrected chi connectivity index (χ1v) is 11.8. The largest absolute Gasteiger partial charge is 0.253 e. The summed E-state index contributed by atoms with van der Waals surface area (Å²) in [7, 11) is 0. The highest BCUT2D eigenvalue weighted by molar-refractivity contribution is 5.89. The predicted octanol–water partition coefficient (Wildman–Crippen LogP) is 7.25. The van der Waals surface area contributed by atoms with E-state index in [1.54, 1.807) is 12.4 Å². The predicted molar refractivity (Wildman–Crippen MR) is 147 cm³/mol. The van der Waals surface area contributed by atoms with Gasteiger partial charge in [0.2, 0.25) is 0 Å². The minimum atomic E-state index is 0.805. The van der Waals surface area contributed by atoms with Gasteiger partial charge in [-0.05, 0) is 57.9 Å². The van der Waals surface area contributed by atoms with Gasteiger partial charge in [0.05, 0.1) is 11.4 Å². The van der Waals surface area contributed by atoms with E-state index in [1.165, 1.54) is 10.8 Å². The first kappa shape index (κ1) is 21.4. The van der Waals surface area contributed by atoms with Crippen molar-refractivity contribution in [1.29, 1.82) is 0 Å². The minimum Gasteiger partial charge on any atom is -0.253 e. The summed E-state index contributed by atoms with van der Waals surface area (Å²) in [6.45, 7) is 0. The van der Waals surface area contributed by atoms with E-state index in [9.17, 15) is 0 Å². The topological polar surface area (TPSA) is 25.8 Å². The molecule has 0 radical (unpaired) electrons. The maximum atomic E-state index is 4.58. The van der Waals surface area contributed by atoms with Gasteiger partial charge in [0.15, 0.2) is 0 Å². The Kier molecular flexibility index (Phi) is 5.69. The number of benzene rings is 4. The Bertz CT molecular complexity index is 1680. The minimum absolute atomic E-state index is 0.805. The van der Waals surface area contributed by atoms with Crippen LogP contribution >= 0.6 is 0 Å². The van der Waals surface area contributed by atoms with Crippen molar-refractivity contribution in [2.75, 3.05) is 0 Å². The monoisotopic (exact) mass is 456 g/mol. The molecule has 2 heterocycles. The van der Waals surface area contributed by atoms with Crippen molar-refractivity contribution in [3.63, 3.8) is 0 Å². The first-order chi connectivity index (χ1) is 17.8. The summed E-state index contributed by atoms with van der Waals surface area (Å²) < 4.78 is 0. The molecule has 0 bridgehead atoms. The van der Waals surface area contributed by atoms with Gasteiger partial charge in [-0.2, -0.15) is 0 Å². The molecule has 0 spiro atoms. The van der Waals surface area contributed by atoms with E-state index in [1.807, 2.05) is 72.8 Å². The van der Waals surface area contributed by atoms with Gasteiger partial charge in [-0.1, -0.05) is 96.5 Å². The number of aromatic nitrogens is 2. The van der Waals surface area contributed by atoms with Gasteiger partial charge < -0.3 is 0 Å². The Labute approximate surface area is 210 Å². The summed E-state index contributed by atoms with van der Waals surface area (Å²) >= 11 is 0. The molecule has 0 unspecified atom stereocenters. The van der Waals surface area contributed by atoms with Crippen molar-refractivity contribution in [2.24, 2.45) is 0 Å². The van der Waals surface area contributed by atoms with Gasteiger partial charge in [-0.3, -0.25) is 9.97 Å². The molecule has 0 fully saturated rings. The fourth-order valence-corrected chi connectivity index (χ4v) is 4.19. The molecule has 0 aliphatic rings. The Balaban J connectivity index is 1.20. The van der Waals surface area contributed by atoms with Crippen LogP contribution in [0.3, 0.4) is 0 Å². The van der Waals surface area contributed by atoms with Crippen molar-refractivity contribution < 1.29 is 0 Å². The van der Waals surface area contributed by atoms with Gasteiger partial charge in [0.1, 0.15) is 0 Å². The molecule has 2 aromatic heterocycles. The van der Waals surface area contributed by atoms with Crippen molar-refractivity contribution in [1.82, 2.24) is 9.97 Å². The average Bonchev–Trinajstić information content (AvgIpc) is 2.95. The van der Waals surface area contributed by atoms with Gasteiger partial charge in [0.25, 0.3) is 0 Å². The first-order valence-electron chi connectivity index (χ1n) is 11.8. The van der Waals surface area contributed by atoms with E-state index in [0.717, 1.165) is 44.4 Å². The molecule has 166 valence electrons. The molecule has 36 heavy (non-hydrogen) atoms. The van der Waals surface area contributed by atoms with E-state index in [2.05, 4.69) is 70.0 Å². The molecule has 4 aromatic carbocycles. The molecule has 0 saturated heterocycles. The van der Waals surface area contributed by atoms with E-state index >= 15 is 0 Å². The molecule has 0 atom stereocenters. The van der Waals surface area contributed by atoms with Crippen LogP contribution < -0.4 is 0 Å². The van der Waals surface area contributed by atoms with Crippen molar-refractivity contribution in [3.8, 4) is 35.1 Å². The van der Waals surface area contributed by atoms with E-state index in [4.69, 9.17) is 0 Å². The maximum absolute atomic E-state index is 4.58. The molecule has 6 aromatic rings. The molecular formula is C34H20N2.